The van der Waals surface area contributed by atoms with Crippen molar-refractivity contribution in [1.82, 2.24) is 10.6 Å². The molecule has 1 aromatic carbocycles. The van der Waals surface area contributed by atoms with E-state index in [0.29, 0.717) is 12.6 Å². The van der Waals surface area contributed by atoms with Gasteiger partial charge in [-0.15, -0.1) is 24.0 Å². The van der Waals surface area contributed by atoms with Gasteiger partial charge in [0, 0.05) is 19.6 Å². The number of nitrogens with zero attached hydrogens (tertiary/aromatic N) is 1. The van der Waals surface area contributed by atoms with Gasteiger partial charge >= 0.3 is 0 Å². The van der Waals surface area contributed by atoms with Gasteiger partial charge in [0.15, 0.2) is 5.96 Å². The second-order valence-electron chi connectivity index (χ2n) is 5.49. The first-order valence-electron chi connectivity index (χ1n) is 8.00. The molecule has 0 aliphatic heterocycles. The number of nitrogens with one attached hydrogen (secondary N) is 2. The van der Waals surface area contributed by atoms with Crippen molar-refractivity contribution in [3.63, 3.8) is 0 Å². The SMILES string of the molecule is CCOc1cccc(CNC(=NC)NC2CCCCC2)c1.I. The molecule has 0 amide bonds. The van der Waals surface area contributed by atoms with Gasteiger partial charge in [0.1, 0.15) is 5.75 Å². The van der Waals surface area contributed by atoms with Crippen LogP contribution in [0.25, 0.3) is 0 Å². The Balaban J connectivity index is 0.00000242. The van der Waals surface area contributed by atoms with Gasteiger partial charge in [0.25, 0.3) is 0 Å². The van der Waals surface area contributed by atoms with E-state index in [0.717, 1.165) is 18.3 Å². The summed E-state index contributed by atoms with van der Waals surface area (Å²) in [5, 5.41) is 6.91. The molecule has 124 valence electrons. The van der Waals surface area contributed by atoms with Crippen LogP contribution in [0, 0.1) is 0 Å². The van der Waals surface area contributed by atoms with E-state index < -0.39 is 0 Å². The van der Waals surface area contributed by atoms with E-state index in [-0.39, 0.29) is 24.0 Å². The fraction of sp³-hybridized carbons (Fsp3) is 0.588. The van der Waals surface area contributed by atoms with Gasteiger partial charge in [0.05, 0.1) is 6.61 Å². The molecule has 22 heavy (non-hydrogen) atoms. The molecule has 0 radical (unpaired) electrons. The molecule has 5 heteroatoms. The fourth-order valence-corrected chi connectivity index (χ4v) is 2.73. The summed E-state index contributed by atoms with van der Waals surface area (Å²) in [6.45, 7) is 3.45. The van der Waals surface area contributed by atoms with Crippen molar-refractivity contribution in [3.05, 3.63) is 29.8 Å². The largest absolute Gasteiger partial charge is 0.494 e. The van der Waals surface area contributed by atoms with E-state index in [1.165, 1.54) is 37.7 Å². The van der Waals surface area contributed by atoms with Gasteiger partial charge < -0.3 is 15.4 Å². The number of guanidine groups is 1. The molecule has 1 saturated carbocycles. The Morgan fingerprint density at radius 2 is 2.05 bits per heavy atom. The zero-order chi connectivity index (χ0) is 14.9. The van der Waals surface area contributed by atoms with Gasteiger partial charge in [-0.2, -0.15) is 0 Å². The van der Waals surface area contributed by atoms with Crippen molar-refractivity contribution >= 4 is 29.9 Å². The molecule has 2 rings (SSSR count). The van der Waals surface area contributed by atoms with Gasteiger partial charge in [-0.1, -0.05) is 31.4 Å². The van der Waals surface area contributed by atoms with E-state index in [1.807, 2.05) is 26.1 Å². The number of aliphatic imine (C=N–C) groups is 1. The van der Waals surface area contributed by atoms with E-state index in [4.69, 9.17) is 4.74 Å². The lowest BCUT2D eigenvalue weighted by atomic mass is 9.96. The van der Waals surface area contributed by atoms with Crippen LogP contribution in [0.4, 0.5) is 0 Å². The van der Waals surface area contributed by atoms with E-state index >= 15 is 0 Å². The Bertz CT molecular complexity index is 459. The van der Waals surface area contributed by atoms with Crippen molar-refractivity contribution in [2.24, 2.45) is 4.99 Å². The van der Waals surface area contributed by atoms with Crippen molar-refractivity contribution in [3.8, 4) is 5.75 Å². The third-order valence-corrected chi connectivity index (χ3v) is 3.84. The molecule has 0 aromatic heterocycles. The van der Waals surface area contributed by atoms with Crippen LogP contribution < -0.4 is 15.4 Å². The minimum Gasteiger partial charge on any atom is -0.494 e. The smallest absolute Gasteiger partial charge is 0.191 e. The Kier molecular flexibility index (Phi) is 9.27. The average Bonchev–Trinajstić information content (AvgIpc) is 2.53. The van der Waals surface area contributed by atoms with Gasteiger partial charge in [-0.3, -0.25) is 4.99 Å². The number of halogens is 1. The van der Waals surface area contributed by atoms with Gasteiger partial charge in [-0.05, 0) is 37.5 Å². The summed E-state index contributed by atoms with van der Waals surface area (Å²) in [7, 11) is 1.83. The van der Waals surface area contributed by atoms with Crippen molar-refractivity contribution in [1.29, 1.82) is 0 Å². The lowest BCUT2D eigenvalue weighted by Crippen LogP contribution is -2.43. The average molecular weight is 417 g/mol. The summed E-state index contributed by atoms with van der Waals surface area (Å²) in [4.78, 5) is 4.32. The van der Waals surface area contributed by atoms with E-state index in [1.54, 1.807) is 0 Å². The minimum absolute atomic E-state index is 0. The molecule has 0 bridgehead atoms. The standard InChI is InChI=1S/C17H27N3O.HI/c1-3-21-16-11-7-8-14(12-16)13-19-17(18-2)20-15-9-5-4-6-10-15;/h7-8,11-12,15H,3-6,9-10,13H2,1-2H3,(H2,18,19,20);1H. The number of rotatable bonds is 5. The molecule has 1 aromatic rings. The fourth-order valence-electron chi connectivity index (χ4n) is 2.73. The molecule has 1 fully saturated rings. The molecular weight excluding hydrogens is 389 g/mol. The number of hydrogen-bond donors (Lipinski definition) is 2. The van der Waals surface area contributed by atoms with Crippen LogP contribution in [0.2, 0.25) is 0 Å². The zero-order valence-corrected chi connectivity index (χ0v) is 15.9. The topological polar surface area (TPSA) is 45.6 Å². The normalized spacial score (nSPS) is 15.8. The van der Waals surface area contributed by atoms with Gasteiger partial charge in [-0.25, -0.2) is 0 Å². The maximum Gasteiger partial charge on any atom is 0.191 e. The number of ether oxygens (including phenoxy) is 1. The predicted molar refractivity (Wildman–Crippen MR) is 103 cm³/mol. The van der Waals surface area contributed by atoms with Crippen LogP contribution >= 0.6 is 24.0 Å². The summed E-state index contributed by atoms with van der Waals surface area (Å²) in [5.41, 5.74) is 1.20. The highest BCUT2D eigenvalue weighted by molar-refractivity contribution is 14.0. The van der Waals surface area contributed by atoms with Crippen molar-refractivity contribution in [2.45, 2.75) is 51.6 Å². The highest BCUT2D eigenvalue weighted by Gasteiger charge is 2.14. The molecule has 4 nitrogen and oxygen atoms in total. The summed E-state index contributed by atoms with van der Waals surface area (Å²) in [6.07, 6.45) is 6.52. The van der Waals surface area contributed by atoms with Gasteiger partial charge in [0.2, 0.25) is 0 Å². The third kappa shape index (κ3) is 6.42. The molecule has 1 aliphatic carbocycles. The summed E-state index contributed by atoms with van der Waals surface area (Å²) >= 11 is 0. The Labute approximate surface area is 151 Å². The zero-order valence-electron chi connectivity index (χ0n) is 13.6. The monoisotopic (exact) mass is 417 g/mol. The van der Waals surface area contributed by atoms with Crippen LogP contribution in [-0.4, -0.2) is 25.7 Å². The first-order chi connectivity index (χ1) is 10.3. The molecule has 0 heterocycles. The van der Waals surface area contributed by atoms with Crippen LogP contribution in [0.1, 0.15) is 44.6 Å². The Morgan fingerprint density at radius 1 is 1.27 bits per heavy atom. The summed E-state index contributed by atoms with van der Waals surface area (Å²) in [6, 6.07) is 8.76. The minimum atomic E-state index is 0. The van der Waals surface area contributed by atoms with E-state index in [2.05, 4.69) is 27.8 Å². The van der Waals surface area contributed by atoms with Crippen molar-refractivity contribution < 1.29 is 4.74 Å². The summed E-state index contributed by atoms with van der Waals surface area (Å²) in [5.74, 6) is 1.82. The first-order valence-corrected chi connectivity index (χ1v) is 8.00. The van der Waals surface area contributed by atoms with Crippen LogP contribution in [0.15, 0.2) is 29.3 Å². The predicted octanol–water partition coefficient (Wildman–Crippen LogP) is 3.70. The third-order valence-electron chi connectivity index (χ3n) is 3.84. The van der Waals surface area contributed by atoms with Crippen molar-refractivity contribution in [2.75, 3.05) is 13.7 Å². The van der Waals surface area contributed by atoms with Crippen LogP contribution in [0.5, 0.6) is 5.75 Å². The lowest BCUT2D eigenvalue weighted by Gasteiger charge is -2.24. The first kappa shape index (κ1) is 19.1. The second kappa shape index (κ2) is 10.7. The Morgan fingerprint density at radius 3 is 2.73 bits per heavy atom. The maximum absolute atomic E-state index is 5.53. The second-order valence-corrected chi connectivity index (χ2v) is 5.49. The highest BCUT2D eigenvalue weighted by Crippen LogP contribution is 2.17. The number of hydrogen-bond acceptors (Lipinski definition) is 2. The molecule has 0 saturated heterocycles. The molecule has 0 spiro atoms. The maximum atomic E-state index is 5.53. The lowest BCUT2D eigenvalue weighted by molar-refractivity contribution is 0.340. The number of benzene rings is 1. The van der Waals surface area contributed by atoms with Crippen LogP contribution in [0.3, 0.4) is 0 Å². The molecule has 1 aliphatic rings. The molecular formula is C17H28IN3O. The van der Waals surface area contributed by atoms with Crippen LogP contribution in [-0.2, 0) is 6.54 Å². The summed E-state index contributed by atoms with van der Waals surface area (Å²) < 4.78 is 5.53. The molecule has 2 N–H and O–H groups in total. The highest BCUT2D eigenvalue weighted by atomic mass is 127. The Hall–Kier alpha value is -0.980. The molecule has 0 atom stereocenters. The van der Waals surface area contributed by atoms with E-state index in [9.17, 15) is 0 Å². The molecule has 0 unspecified atom stereocenters. The quantitative estimate of drug-likeness (QED) is 0.436.